The molecule has 1 saturated carbocycles. The topological polar surface area (TPSA) is 41.6 Å². The summed E-state index contributed by atoms with van der Waals surface area (Å²) in [6, 6.07) is 5.79. The van der Waals surface area contributed by atoms with Crippen molar-refractivity contribution in [3.63, 3.8) is 0 Å². The predicted molar refractivity (Wildman–Crippen MR) is 118 cm³/mol. The van der Waals surface area contributed by atoms with Crippen LogP contribution in [0.4, 0.5) is 13.2 Å². The zero-order valence-electron chi connectivity index (χ0n) is 18.0. The number of methoxy groups -OCH3 is 1. The summed E-state index contributed by atoms with van der Waals surface area (Å²) in [5.41, 5.74) is 1.30. The fraction of sp³-hybridized carbons (Fsp3) is 0.696. The molecule has 2 fully saturated rings. The van der Waals surface area contributed by atoms with Crippen LogP contribution in [0.3, 0.4) is 0 Å². The first kappa shape index (κ1) is 24.4. The van der Waals surface area contributed by atoms with Gasteiger partial charge in [-0.15, -0.1) is 0 Å². The third kappa shape index (κ3) is 7.38. The molecule has 0 atom stereocenters. The average Bonchev–Trinajstić information content (AvgIpc) is 2.75. The Balaban J connectivity index is 1.34. The maximum absolute atomic E-state index is 12.4. The standard InChI is InChI=1S/C23H32BrF3N2O2/c1-31-20-6-7-21(24)18(15-20)14-17-9-12-29(13-10-17)11-8-16-2-4-19(5-3-16)28-22(30)23(25,26)27/h6-7,15-17,19H,2-5,8-14H2,1H3,(H,28,30). The Kier molecular flexibility index (Phi) is 8.67. The predicted octanol–water partition coefficient (Wildman–Crippen LogP) is 5.34. The highest BCUT2D eigenvalue weighted by Crippen LogP contribution is 2.31. The Morgan fingerprint density at radius 2 is 1.81 bits per heavy atom. The summed E-state index contributed by atoms with van der Waals surface area (Å²) < 4.78 is 43.6. The first-order chi connectivity index (χ1) is 14.7. The largest absolute Gasteiger partial charge is 0.497 e. The van der Waals surface area contributed by atoms with E-state index in [1.54, 1.807) is 7.11 Å². The molecule has 174 valence electrons. The van der Waals surface area contributed by atoms with Gasteiger partial charge in [-0.25, -0.2) is 0 Å². The number of hydrogen-bond acceptors (Lipinski definition) is 3. The molecular formula is C23H32BrF3N2O2. The van der Waals surface area contributed by atoms with E-state index in [0.29, 0.717) is 24.7 Å². The van der Waals surface area contributed by atoms with Crippen LogP contribution in [-0.2, 0) is 11.2 Å². The number of ether oxygens (including phenoxy) is 1. The van der Waals surface area contributed by atoms with Gasteiger partial charge in [0.1, 0.15) is 5.75 Å². The molecule has 1 amide bonds. The summed E-state index contributed by atoms with van der Waals surface area (Å²) in [4.78, 5) is 13.6. The maximum atomic E-state index is 12.4. The minimum Gasteiger partial charge on any atom is -0.497 e. The van der Waals surface area contributed by atoms with Crippen molar-refractivity contribution < 1.29 is 22.7 Å². The number of piperidine rings is 1. The Hall–Kier alpha value is -1.28. The van der Waals surface area contributed by atoms with E-state index in [2.05, 4.69) is 32.2 Å². The molecule has 0 bridgehead atoms. The van der Waals surface area contributed by atoms with Crippen LogP contribution in [0, 0.1) is 11.8 Å². The number of nitrogens with zero attached hydrogens (tertiary/aromatic N) is 1. The Morgan fingerprint density at radius 3 is 2.42 bits per heavy atom. The molecule has 0 radical (unpaired) electrons. The summed E-state index contributed by atoms with van der Waals surface area (Å²) in [5, 5.41) is 2.14. The second-order valence-corrected chi connectivity index (χ2v) is 9.78. The molecule has 1 aliphatic carbocycles. The number of halogens is 4. The van der Waals surface area contributed by atoms with E-state index >= 15 is 0 Å². The van der Waals surface area contributed by atoms with Gasteiger partial charge in [0.2, 0.25) is 0 Å². The number of hydrogen-bond donors (Lipinski definition) is 1. The van der Waals surface area contributed by atoms with E-state index in [1.165, 1.54) is 18.4 Å². The normalized spacial score (nSPS) is 23.5. The van der Waals surface area contributed by atoms with Gasteiger partial charge >= 0.3 is 12.1 Å². The summed E-state index contributed by atoms with van der Waals surface area (Å²) >= 11 is 3.65. The lowest BCUT2D eigenvalue weighted by Gasteiger charge is -2.34. The van der Waals surface area contributed by atoms with Crippen molar-refractivity contribution in [3.8, 4) is 5.75 Å². The number of nitrogens with one attached hydrogen (secondary N) is 1. The SMILES string of the molecule is COc1ccc(Br)c(CC2CCN(CCC3CCC(NC(=O)C(F)(F)F)CC3)CC2)c1. The summed E-state index contributed by atoms with van der Waals surface area (Å²) in [5.74, 6) is 0.306. The van der Waals surface area contributed by atoms with Crippen LogP contribution in [0.15, 0.2) is 22.7 Å². The molecule has 2 aliphatic rings. The van der Waals surface area contributed by atoms with Crippen LogP contribution in [0.5, 0.6) is 5.75 Å². The maximum Gasteiger partial charge on any atom is 0.471 e. The molecule has 8 heteroatoms. The minimum atomic E-state index is -4.79. The lowest BCUT2D eigenvalue weighted by atomic mass is 9.83. The number of likely N-dealkylation sites (tertiary alicyclic amines) is 1. The molecule has 1 aliphatic heterocycles. The van der Waals surface area contributed by atoms with E-state index in [-0.39, 0.29) is 6.04 Å². The van der Waals surface area contributed by atoms with Crippen molar-refractivity contribution >= 4 is 21.8 Å². The monoisotopic (exact) mass is 504 g/mol. The highest BCUT2D eigenvalue weighted by molar-refractivity contribution is 9.10. The fourth-order valence-electron chi connectivity index (χ4n) is 4.79. The average molecular weight is 505 g/mol. The summed E-state index contributed by atoms with van der Waals surface area (Å²) in [7, 11) is 1.69. The zero-order chi connectivity index (χ0) is 22.4. The van der Waals surface area contributed by atoms with Crippen LogP contribution in [0.25, 0.3) is 0 Å². The van der Waals surface area contributed by atoms with E-state index < -0.39 is 12.1 Å². The van der Waals surface area contributed by atoms with E-state index in [0.717, 1.165) is 55.5 Å². The number of amides is 1. The van der Waals surface area contributed by atoms with Crippen molar-refractivity contribution in [2.45, 2.75) is 63.6 Å². The van der Waals surface area contributed by atoms with Crippen molar-refractivity contribution in [1.82, 2.24) is 10.2 Å². The van der Waals surface area contributed by atoms with Crippen molar-refractivity contribution in [2.75, 3.05) is 26.7 Å². The molecule has 4 nitrogen and oxygen atoms in total. The third-order valence-electron chi connectivity index (χ3n) is 6.76. The Bertz CT molecular complexity index is 728. The lowest BCUT2D eigenvalue weighted by Crippen LogP contribution is -2.44. The van der Waals surface area contributed by atoms with Gasteiger partial charge in [0.05, 0.1) is 7.11 Å². The molecule has 1 aromatic carbocycles. The van der Waals surface area contributed by atoms with E-state index in [4.69, 9.17) is 4.74 Å². The van der Waals surface area contributed by atoms with Gasteiger partial charge in [-0.3, -0.25) is 4.79 Å². The van der Waals surface area contributed by atoms with Gasteiger partial charge < -0.3 is 15.0 Å². The second-order valence-electron chi connectivity index (χ2n) is 8.92. The van der Waals surface area contributed by atoms with Gasteiger partial charge in [-0.2, -0.15) is 13.2 Å². The second kappa shape index (κ2) is 11.0. The number of carbonyl (C=O) groups is 1. The molecule has 1 heterocycles. The minimum absolute atomic E-state index is 0.336. The third-order valence-corrected chi connectivity index (χ3v) is 7.54. The Morgan fingerprint density at radius 1 is 1.13 bits per heavy atom. The molecule has 1 saturated heterocycles. The highest BCUT2D eigenvalue weighted by atomic mass is 79.9. The summed E-state index contributed by atoms with van der Waals surface area (Å²) in [6.07, 6.45) is 2.79. The first-order valence-electron chi connectivity index (χ1n) is 11.2. The highest BCUT2D eigenvalue weighted by Gasteiger charge is 2.40. The van der Waals surface area contributed by atoms with Gasteiger partial charge in [0.25, 0.3) is 0 Å². The molecule has 0 spiro atoms. The molecule has 31 heavy (non-hydrogen) atoms. The zero-order valence-corrected chi connectivity index (χ0v) is 19.6. The van der Waals surface area contributed by atoms with E-state index in [1.807, 2.05) is 12.1 Å². The van der Waals surface area contributed by atoms with Gasteiger partial charge in [0.15, 0.2) is 0 Å². The van der Waals surface area contributed by atoms with Crippen molar-refractivity contribution in [3.05, 3.63) is 28.2 Å². The number of carbonyl (C=O) groups excluding carboxylic acids is 1. The molecule has 1 aromatic rings. The van der Waals surface area contributed by atoms with Gasteiger partial charge in [-0.1, -0.05) is 15.9 Å². The molecule has 0 aromatic heterocycles. The summed E-state index contributed by atoms with van der Waals surface area (Å²) in [6.45, 7) is 3.26. The molecule has 0 unspecified atom stereocenters. The van der Waals surface area contributed by atoms with Crippen molar-refractivity contribution in [1.29, 1.82) is 0 Å². The number of rotatable bonds is 7. The molecule has 3 rings (SSSR count). The van der Waals surface area contributed by atoms with Crippen LogP contribution >= 0.6 is 15.9 Å². The van der Waals surface area contributed by atoms with Crippen LogP contribution < -0.4 is 10.1 Å². The number of alkyl halides is 3. The fourth-order valence-corrected chi connectivity index (χ4v) is 5.20. The number of benzene rings is 1. The van der Waals surface area contributed by atoms with Gasteiger partial charge in [0, 0.05) is 10.5 Å². The van der Waals surface area contributed by atoms with Crippen molar-refractivity contribution in [2.24, 2.45) is 11.8 Å². The van der Waals surface area contributed by atoms with Crippen LogP contribution in [0.2, 0.25) is 0 Å². The van der Waals surface area contributed by atoms with Crippen LogP contribution in [-0.4, -0.2) is 49.8 Å². The molecular weight excluding hydrogens is 473 g/mol. The van der Waals surface area contributed by atoms with Gasteiger partial charge in [-0.05, 0) is 107 Å². The smallest absolute Gasteiger partial charge is 0.471 e. The lowest BCUT2D eigenvalue weighted by molar-refractivity contribution is -0.174. The Labute approximate surface area is 191 Å². The van der Waals surface area contributed by atoms with E-state index in [9.17, 15) is 18.0 Å². The molecule has 1 N–H and O–H groups in total. The quantitative estimate of drug-likeness (QED) is 0.544. The van der Waals surface area contributed by atoms with Crippen LogP contribution in [0.1, 0.15) is 50.5 Å². The first-order valence-corrected chi connectivity index (χ1v) is 12.0.